The molecule has 2 amide bonds. The van der Waals surface area contributed by atoms with Crippen molar-refractivity contribution in [1.82, 2.24) is 20.0 Å². The summed E-state index contributed by atoms with van der Waals surface area (Å²) in [5, 5.41) is 2.80. The van der Waals surface area contributed by atoms with Crippen molar-refractivity contribution < 1.29 is 9.59 Å². The molecule has 6 nitrogen and oxygen atoms in total. The fourth-order valence-corrected chi connectivity index (χ4v) is 3.53. The van der Waals surface area contributed by atoms with E-state index in [4.69, 9.17) is 0 Å². The fraction of sp³-hybridized carbons (Fsp3) is 0.778. The first-order chi connectivity index (χ1) is 11.6. The second kappa shape index (κ2) is 9.79. The van der Waals surface area contributed by atoms with Gasteiger partial charge in [-0.1, -0.05) is 25.3 Å². The molecule has 2 rings (SSSR count). The zero-order chi connectivity index (χ0) is 17.4. The number of amides is 2. The highest BCUT2D eigenvalue weighted by molar-refractivity contribution is 5.78. The van der Waals surface area contributed by atoms with Crippen molar-refractivity contribution in [3.63, 3.8) is 0 Å². The summed E-state index contributed by atoms with van der Waals surface area (Å²) in [4.78, 5) is 30.5. The highest BCUT2D eigenvalue weighted by Gasteiger charge is 2.25. The lowest BCUT2D eigenvalue weighted by molar-refractivity contribution is -0.134. The van der Waals surface area contributed by atoms with Gasteiger partial charge in [-0.2, -0.15) is 0 Å². The Morgan fingerprint density at radius 3 is 2.25 bits per heavy atom. The van der Waals surface area contributed by atoms with E-state index in [1.807, 2.05) is 11.9 Å². The molecule has 0 radical (unpaired) electrons. The molecule has 0 unspecified atom stereocenters. The Kier molecular flexibility index (Phi) is 7.72. The first-order valence-corrected chi connectivity index (χ1v) is 9.18. The molecule has 1 heterocycles. The van der Waals surface area contributed by atoms with Gasteiger partial charge in [-0.3, -0.25) is 19.4 Å². The van der Waals surface area contributed by atoms with Crippen LogP contribution in [-0.4, -0.2) is 85.4 Å². The summed E-state index contributed by atoms with van der Waals surface area (Å²) in [6.07, 6.45) is 7.78. The molecule has 2 aliphatic rings. The van der Waals surface area contributed by atoms with Gasteiger partial charge in [0.05, 0.1) is 13.1 Å². The molecule has 136 valence electrons. The first-order valence-electron chi connectivity index (χ1n) is 9.18. The van der Waals surface area contributed by atoms with Crippen LogP contribution >= 0.6 is 0 Å². The van der Waals surface area contributed by atoms with Gasteiger partial charge in [0.25, 0.3) is 0 Å². The van der Waals surface area contributed by atoms with Crippen molar-refractivity contribution in [3.05, 3.63) is 12.7 Å². The Hall–Kier alpha value is -1.40. The Morgan fingerprint density at radius 2 is 1.67 bits per heavy atom. The van der Waals surface area contributed by atoms with Gasteiger partial charge in [-0.05, 0) is 12.8 Å². The zero-order valence-electron chi connectivity index (χ0n) is 15.0. The van der Waals surface area contributed by atoms with E-state index in [9.17, 15) is 9.59 Å². The van der Waals surface area contributed by atoms with Crippen molar-refractivity contribution in [3.8, 4) is 0 Å². The van der Waals surface area contributed by atoms with E-state index in [1.54, 1.807) is 6.08 Å². The molecule has 0 aromatic heterocycles. The number of rotatable bonds is 7. The molecule has 0 bridgehead atoms. The van der Waals surface area contributed by atoms with E-state index >= 15 is 0 Å². The van der Waals surface area contributed by atoms with Gasteiger partial charge in [0, 0.05) is 45.8 Å². The van der Waals surface area contributed by atoms with Crippen LogP contribution in [0.4, 0.5) is 0 Å². The monoisotopic (exact) mass is 336 g/mol. The van der Waals surface area contributed by atoms with Gasteiger partial charge in [-0.25, -0.2) is 0 Å². The normalized spacial score (nSPS) is 20.5. The number of likely N-dealkylation sites (N-methyl/N-ethyl adjacent to an activating group) is 1. The number of hydrogen-bond acceptors (Lipinski definition) is 4. The Balaban J connectivity index is 1.67. The third-order valence-corrected chi connectivity index (χ3v) is 5.15. The van der Waals surface area contributed by atoms with E-state index in [0.29, 0.717) is 25.7 Å². The summed E-state index contributed by atoms with van der Waals surface area (Å²) in [6, 6.07) is 0.432. The fourth-order valence-electron chi connectivity index (χ4n) is 3.53. The largest absolute Gasteiger partial charge is 0.352 e. The number of hydrogen-bond donors (Lipinski definition) is 1. The molecule has 0 atom stereocenters. The minimum absolute atomic E-state index is 0.0384. The zero-order valence-corrected chi connectivity index (χ0v) is 15.0. The van der Waals surface area contributed by atoms with Crippen LogP contribution in [0.15, 0.2) is 12.7 Å². The van der Waals surface area contributed by atoms with Crippen LogP contribution in [0.3, 0.4) is 0 Å². The van der Waals surface area contributed by atoms with Crippen molar-refractivity contribution in [2.24, 2.45) is 0 Å². The van der Waals surface area contributed by atoms with Crippen LogP contribution in [0.2, 0.25) is 0 Å². The maximum atomic E-state index is 12.5. The summed E-state index contributed by atoms with van der Waals surface area (Å²) >= 11 is 0. The maximum Gasteiger partial charge on any atom is 0.236 e. The molecule has 6 heteroatoms. The summed E-state index contributed by atoms with van der Waals surface area (Å²) in [5.41, 5.74) is 0. The molecular weight excluding hydrogens is 304 g/mol. The molecule has 0 aromatic carbocycles. The molecular formula is C18H32N4O2. The first kappa shape index (κ1) is 18.9. The van der Waals surface area contributed by atoms with E-state index < -0.39 is 0 Å². The summed E-state index contributed by atoms with van der Waals surface area (Å²) in [7, 11) is 1.96. The van der Waals surface area contributed by atoms with Gasteiger partial charge in [-0.15, -0.1) is 6.58 Å². The number of piperazine rings is 1. The average Bonchev–Trinajstić information content (AvgIpc) is 2.61. The van der Waals surface area contributed by atoms with Crippen LogP contribution in [0.25, 0.3) is 0 Å². The SMILES string of the molecule is C=CCNC(=O)CN1CCN(CC(=O)N(C)C2CCCCC2)CC1. The third kappa shape index (κ3) is 5.91. The highest BCUT2D eigenvalue weighted by Crippen LogP contribution is 2.21. The standard InChI is InChI=1S/C18H32N4O2/c1-3-9-19-17(23)14-21-10-12-22(13-11-21)15-18(24)20(2)16-7-5-4-6-8-16/h3,16H,1,4-15H2,2H3,(H,19,23). The number of carbonyl (C=O) groups excluding carboxylic acids is 2. The van der Waals surface area contributed by atoms with E-state index in [1.165, 1.54) is 19.3 Å². The maximum absolute atomic E-state index is 12.5. The molecule has 2 fully saturated rings. The van der Waals surface area contributed by atoms with Gasteiger partial charge in [0.1, 0.15) is 0 Å². The predicted molar refractivity (Wildman–Crippen MR) is 95.7 cm³/mol. The van der Waals surface area contributed by atoms with E-state index in [2.05, 4.69) is 21.7 Å². The molecule has 0 spiro atoms. The van der Waals surface area contributed by atoms with Gasteiger partial charge < -0.3 is 10.2 Å². The third-order valence-electron chi connectivity index (χ3n) is 5.15. The van der Waals surface area contributed by atoms with E-state index in [-0.39, 0.29) is 11.8 Å². The average molecular weight is 336 g/mol. The predicted octanol–water partition coefficient (Wildman–Crippen LogP) is 0.697. The van der Waals surface area contributed by atoms with Crippen molar-refractivity contribution in [2.75, 3.05) is 52.9 Å². The minimum atomic E-state index is 0.0384. The molecule has 1 saturated carbocycles. The van der Waals surface area contributed by atoms with Crippen LogP contribution in [0, 0.1) is 0 Å². The molecule has 1 N–H and O–H groups in total. The molecule has 1 aliphatic carbocycles. The molecule has 0 aromatic rings. The second-order valence-electron chi connectivity index (χ2n) is 6.94. The molecule has 1 saturated heterocycles. The number of nitrogens with zero attached hydrogens (tertiary/aromatic N) is 3. The van der Waals surface area contributed by atoms with E-state index in [0.717, 1.165) is 39.0 Å². The van der Waals surface area contributed by atoms with Crippen LogP contribution in [0.5, 0.6) is 0 Å². The summed E-state index contributed by atoms with van der Waals surface area (Å²) in [6.45, 7) is 8.40. The van der Waals surface area contributed by atoms with Gasteiger partial charge in [0.2, 0.25) is 11.8 Å². The molecule has 1 aliphatic heterocycles. The molecule has 24 heavy (non-hydrogen) atoms. The van der Waals surface area contributed by atoms with Crippen LogP contribution in [-0.2, 0) is 9.59 Å². The Morgan fingerprint density at radius 1 is 1.08 bits per heavy atom. The lowest BCUT2D eigenvalue weighted by Gasteiger charge is -2.36. The number of carbonyl (C=O) groups is 2. The smallest absolute Gasteiger partial charge is 0.236 e. The lowest BCUT2D eigenvalue weighted by atomic mass is 9.94. The van der Waals surface area contributed by atoms with Crippen LogP contribution < -0.4 is 5.32 Å². The lowest BCUT2D eigenvalue weighted by Crippen LogP contribution is -2.52. The van der Waals surface area contributed by atoms with Crippen molar-refractivity contribution in [2.45, 2.75) is 38.1 Å². The summed E-state index contributed by atoms with van der Waals surface area (Å²) < 4.78 is 0. The minimum Gasteiger partial charge on any atom is -0.352 e. The summed E-state index contributed by atoms with van der Waals surface area (Å²) in [5.74, 6) is 0.274. The quantitative estimate of drug-likeness (QED) is 0.695. The Bertz CT molecular complexity index is 427. The van der Waals surface area contributed by atoms with Gasteiger partial charge in [0.15, 0.2) is 0 Å². The van der Waals surface area contributed by atoms with Gasteiger partial charge >= 0.3 is 0 Å². The highest BCUT2D eigenvalue weighted by atomic mass is 16.2. The Labute approximate surface area is 145 Å². The second-order valence-corrected chi connectivity index (χ2v) is 6.94. The van der Waals surface area contributed by atoms with Crippen LogP contribution in [0.1, 0.15) is 32.1 Å². The number of nitrogens with one attached hydrogen (secondary N) is 1. The van der Waals surface area contributed by atoms with Crippen molar-refractivity contribution >= 4 is 11.8 Å². The van der Waals surface area contributed by atoms with Crippen molar-refractivity contribution in [1.29, 1.82) is 0 Å². The topological polar surface area (TPSA) is 55.9 Å².